The Labute approximate surface area is 92.3 Å². The van der Waals surface area contributed by atoms with Crippen LogP contribution in [0.25, 0.3) is 0 Å². The molecule has 4 N–H and O–H groups in total. The molecule has 94 valence electrons. The first-order valence-electron chi connectivity index (χ1n) is 4.21. The molecule has 0 aliphatic carbocycles. The highest BCUT2D eigenvalue weighted by Gasteiger charge is 2.37. The maximum absolute atomic E-state index is 13.0. The fourth-order valence-electron chi connectivity index (χ4n) is 1.21. The first kappa shape index (κ1) is 13.2. The number of nitrogens with two attached hydrogens (primary N) is 1. The Morgan fingerprint density at radius 1 is 1.35 bits per heavy atom. The molecule has 1 aromatic rings. The predicted molar refractivity (Wildman–Crippen MR) is 48.4 cm³/mol. The highest BCUT2D eigenvalue weighted by molar-refractivity contribution is 5.75. The van der Waals surface area contributed by atoms with E-state index in [0.717, 1.165) is 0 Å². The van der Waals surface area contributed by atoms with Crippen LogP contribution in [0.3, 0.4) is 0 Å². The summed E-state index contributed by atoms with van der Waals surface area (Å²) < 4.78 is 50.5. The number of hydrogen-bond donors (Lipinski definition) is 3. The van der Waals surface area contributed by atoms with Gasteiger partial charge in [0.15, 0.2) is 6.10 Å². The van der Waals surface area contributed by atoms with Crippen LogP contribution in [-0.2, 0) is 11.0 Å². The minimum atomic E-state index is -4.94. The lowest BCUT2D eigenvalue weighted by molar-refractivity contribution is -0.149. The summed E-state index contributed by atoms with van der Waals surface area (Å²) in [6, 6.07) is 0.508. The molecule has 0 saturated heterocycles. The highest BCUT2D eigenvalue weighted by atomic mass is 19.4. The van der Waals surface area contributed by atoms with E-state index in [4.69, 9.17) is 15.9 Å². The summed E-state index contributed by atoms with van der Waals surface area (Å²) in [5, 5.41) is 17.5. The van der Waals surface area contributed by atoms with Crippen LogP contribution in [0.1, 0.15) is 17.2 Å². The van der Waals surface area contributed by atoms with Gasteiger partial charge in [-0.15, -0.1) is 0 Å². The van der Waals surface area contributed by atoms with Crippen molar-refractivity contribution >= 4 is 11.7 Å². The number of aliphatic hydroxyl groups is 1. The predicted octanol–water partition coefficient (Wildman–Crippen LogP) is 1.54. The normalized spacial score (nSPS) is 13.5. The number of carbonyl (C=O) groups is 1. The number of aliphatic hydroxyl groups excluding tert-OH is 1. The third kappa shape index (κ3) is 2.64. The molecular weight excluding hydrogens is 246 g/mol. The fraction of sp³-hybridized carbons (Fsp3) is 0.222. The quantitative estimate of drug-likeness (QED) is 0.551. The van der Waals surface area contributed by atoms with Crippen molar-refractivity contribution in [2.45, 2.75) is 12.3 Å². The lowest BCUT2D eigenvalue weighted by Gasteiger charge is -2.16. The molecule has 0 saturated carbocycles. The first-order chi connectivity index (χ1) is 7.64. The molecule has 0 spiro atoms. The fourth-order valence-corrected chi connectivity index (χ4v) is 1.21. The molecule has 0 aliphatic heterocycles. The van der Waals surface area contributed by atoms with Gasteiger partial charge in [-0.2, -0.15) is 13.2 Å². The Hall–Kier alpha value is -1.83. The summed E-state index contributed by atoms with van der Waals surface area (Å²) in [7, 11) is 0. The number of benzene rings is 1. The number of nitrogen functional groups attached to an aromatic ring is 1. The van der Waals surface area contributed by atoms with Crippen molar-refractivity contribution in [1.29, 1.82) is 0 Å². The van der Waals surface area contributed by atoms with E-state index in [1.165, 1.54) is 0 Å². The molecule has 8 heteroatoms. The van der Waals surface area contributed by atoms with Crippen LogP contribution in [-0.4, -0.2) is 16.2 Å². The average molecular weight is 253 g/mol. The Morgan fingerprint density at radius 2 is 1.88 bits per heavy atom. The van der Waals surface area contributed by atoms with Crippen molar-refractivity contribution in [3.63, 3.8) is 0 Å². The van der Waals surface area contributed by atoms with Gasteiger partial charge in [0.25, 0.3) is 0 Å². The van der Waals surface area contributed by atoms with Gasteiger partial charge in [0.05, 0.1) is 11.3 Å². The summed E-state index contributed by atoms with van der Waals surface area (Å²) in [5.74, 6) is -3.15. The van der Waals surface area contributed by atoms with E-state index in [2.05, 4.69) is 0 Å². The van der Waals surface area contributed by atoms with E-state index >= 15 is 0 Å². The maximum atomic E-state index is 13.0. The number of anilines is 1. The molecule has 4 nitrogen and oxygen atoms in total. The standard InChI is InChI=1S/C9H7F4NO3/c10-5-1-3(7(15)8(16)17)4(2-6(5)14)9(11,12)13/h1-2,7,15H,14H2,(H,16,17). The van der Waals surface area contributed by atoms with Crippen LogP contribution in [0.2, 0.25) is 0 Å². The van der Waals surface area contributed by atoms with E-state index in [1.807, 2.05) is 0 Å². The second-order valence-corrected chi connectivity index (χ2v) is 3.20. The van der Waals surface area contributed by atoms with Gasteiger partial charge in [-0.05, 0) is 12.1 Å². The van der Waals surface area contributed by atoms with Crippen molar-refractivity contribution in [2.75, 3.05) is 5.73 Å². The SMILES string of the molecule is Nc1cc(C(F)(F)F)c(C(O)C(=O)O)cc1F. The zero-order valence-corrected chi connectivity index (χ0v) is 8.12. The molecular formula is C9H7F4NO3. The van der Waals surface area contributed by atoms with Crippen molar-refractivity contribution in [2.24, 2.45) is 0 Å². The Balaban J connectivity index is 3.46. The summed E-state index contributed by atoms with van der Waals surface area (Å²) in [6.45, 7) is 0. The van der Waals surface area contributed by atoms with Gasteiger partial charge in [-0.25, -0.2) is 9.18 Å². The second-order valence-electron chi connectivity index (χ2n) is 3.20. The molecule has 0 fully saturated rings. The molecule has 0 radical (unpaired) electrons. The van der Waals surface area contributed by atoms with Crippen LogP contribution >= 0.6 is 0 Å². The summed E-state index contributed by atoms with van der Waals surface area (Å²) in [5.41, 5.74) is 1.61. The molecule has 0 aliphatic rings. The first-order valence-corrected chi connectivity index (χ1v) is 4.21. The number of alkyl halides is 3. The third-order valence-electron chi connectivity index (χ3n) is 2.00. The van der Waals surface area contributed by atoms with Gasteiger partial charge in [-0.3, -0.25) is 0 Å². The monoisotopic (exact) mass is 253 g/mol. The molecule has 1 aromatic carbocycles. The molecule has 0 amide bonds. The largest absolute Gasteiger partial charge is 0.479 e. The number of halogens is 4. The van der Waals surface area contributed by atoms with E-state index in [9.17, 15) is 22.4 Å². The lowest BCUT2D eigenvalue weighted by Crippen LogP contribution is -2.18. The van der Waals surface area contributed by atoms with Crippen molar-refractivity contribution in [1.82, 2.24) is 0 Å². The number of aliphatic carboxylic acids is 1. The maximum Gasteiger partial charge on any atom is 0.416 e. The minimum absolute atomic E-state index is 0.247. The van der Waals surface area contributed by atoms with Crippen LogP contribution < -0.4 is 5.73 Å². The summed E-state index contributed by atoms with van der Waals surface area (Å²) in [6.07, 6.45) is -7.41. The molecule has 1 unspecified atom stereocenters. The van der Waals surface area contributed by atoms with Crippen LogP contribution in [0.15, 0.2) is 12.1 Å². The van der Waals surface area contributed by atoms with E-state index in [-0.39, 0.29) is 12.1 Å². The zero-order chi connectivity index (χ0) is 13.4. The number of rotatable bonds is 2. The molecule has 0 heterocycles. The molecule has 1 rings (SSSR count). The second kappa shape index (κ2) is 4.21. The smallest absolute Gasteiger partial charge is 0.416 e. The molecule has 0 aromatic heterocycles. The Bertz CT molecular complexity index is 458. The van der Waals surface area contributed by atoms with Crippen molar-refractivity contribution in [3.8, 4) is 0 Å². The van der Waals surface area contributed by atoms with Gasteiger partial charge < -0.3 is 15.9 Å². The summed E-state index contributed by atoms with van der Waals surface area (Å²) in [4.78, 5) is 10.4. The minimum Gasteiger partial charge on any atom is -0.479 e. The number of hydrogen-bond acceptors (Lipinski definition) is 3. The Morgan fingerprint density at radius 3 is 2.29 bits per heavy atom. The van der Waals surface area contributed by atoms with E-state index in [1.54, 1.807) is 0 Å². The number of carboxylic acids is 1. The lowest BCUT2D eigenvalue weighted by atomic mass is 10.0. The van der Waals surface area contributed by atoms with E-state index < -0.39 is 40.9 Å². The zero-order valence-electron chi connectivity index (χ0n) is 8.12. The molecule has 17 heavy (non-hydrogen) atoms. The van der Waals surface area contributed by atoms with Crippen molar-refractivity contribution in [3.05, 3.63) is 29.1 Å². The van der Waals surface area contributed by atoms with Crippen LogP contribution in [0.4, 0.5) is 23.2 Å². The number of carboxylic acid groups (broad SMARTS) is 1. The van der Waals surface area contributed by atoms with Crippen LogP contribution in [0.5, 0.6) is 0 Å². The average Bonchev–Trinajstić information content (AvgIpc) is 2.18. The topological polar surface area (TPSA) is 83.5 Å². The van der Waals surface area contributed by atoms with Crippen LogP contribution in [0, 0.1) is 5.82 Å². The van der Waals surface area contributed by atoms with Gasteiger partial charge in [0.2, 0.25) is 0 Å². The van der Waals surface area contributed by atoms with E-state index in [0.29, 0.717) is 0 Å². The Kier molecular flexibility index (Phi) is 3.28. The van der Waals surface area contributed by atoms with Gasteiger partial charge in [0, 0.05) is 5.56 Å². The third-order valence-corrected chi connectivity index (χ3v) is 2.00. The highest BCUT2D eigenvalue weighted by Crippen LogP contribution is 2.36. The molecule has 1 atom stereocenters. The van der Waals surface area contributed by atoms with Crippen molar-refractivity contribution < 1.29 is 32.6 Å². The van der Waals surface area contributed by atoms with Gasteiger partial charge >= 0.3 is 12.1 Å². The molecule has 0 bridgehead atoms. The summed E-state index contributed by atoms with van der Waals surface area (Å²) >= 11 is 0. The van der Waals surface area contributed by atoms with Gasteiger partial charge in [0.1, 0.15) is 5.82 Å². The van der Waals surface area contributed by atoms with Gasteiger partial charge in [-0.1, -0.05) is 0 Å².